The van der Waals surface area contributed by atoms with Crippen molar-refractivity contribution in [2.24, 2.45) is 0 Å². The summed E-state index contributed by atoms with van der Waals surface area (Å²) in [6.45, 7) is 5.44. The fourth-order valence-electron chi connectivity index (χ4n) is 3.89. The number of fused-ring (bicyclic) bond motifs is 1. The van der Waals surface area contributed by atoms with Gasteiger partial charge in [-0.1, -0.05) is 18.2 Å². The molecule has 0 bridgehead atoms. The molecule has 0 saturated carbocycles. The molecule has 30 heavy (non-hydrogen) atoms. The van der Waals surface area contributed by atoms with Crippen molar-refractivity contribution in [1.82, 2.24) is 9.62 Å². The molecular formula is C22H26N2O5S. The highest BCUT2D eigenvalue weighted by Gasteiger charge is 2.34. The smallest absolute Gasteiger partial charge is 0.251 e. The molecule has 2 aliphatic heterocycles. The van der Waals surface area contributed by atoms with Gasteiger partial charge in [-0.3, -0.25) is 4.79 Å². The minimum Gasteiger partial charge on any atom is -0.487 e. The number of rotatable bonds is 4. The number of ether oxygens (including phenoxy) is 2. The number of para-hydroxylation sites is 1. The predicted octanol–water partition coefficient (Wildman–Crippen LogP) is 2.74. The molecule has 0 aliphatic carbocycles. The van der Waals surface area contributed by atoms with E-state index in [1.165, 1.54) is 16.4 Å². The highest BCUT2D eigenvalue weighted by atomic mass is 32.2. The Morgan fingerprint density at radius 2 is 1.73 bits per heavy atom. The van der Waals surface area contributed by atoms with Gasteiger partial charge >= 0.3 is 0 Å². The molecule has 2 aromatic carbocycles. The Morgan fingerprint density at radius 1 is 1.07 bits per heavy atom. The number of nitrogens with zero attached hydrogens (tertiary/aromatic N) is 1. The first-order valence-electron chi connectivity index (χ1n) is 10.0. The molecule has 0 radical (unpaired) electrons. The van der Waals surface area contributed by atoms with Crippen molar-refractivity contribution in [3.05, 3.63) is 59.7 Å². The second-order valence-electron chi connectivity index (χ2n) is 8.17. The Hall–Kier alpha value is -2.42. The summed E-state index contributed by atoms with van der Waals surface area (Å²) < 4.78 is 38.2. The topological polar surface area (TPSA) is 84.9 Å². The molecular weight excluding hydrogens is 404 g/mol. The van der Waals surface area contributed by atoms with Crippen molar-refractivity contribution in [1.29, 1.82) is 0 Å². The Bertz CT molecular complexity index is 1030. The van der Waals surface area contributed by atoms with Crippen molar-refractivity contribution < 1.29 is 22.7 Å². The Morgan fingerprint density at radius 3 is 2.43 bits per heavy atom. The maximum Gasteiger partial charge on any atom is 0.251 e. The van der Waals surface area contributed by atoms with Crippen LogP contribution in [0.1, 0.15) is 42.2 Å². The highest BCUT2D eigenvalue weighted by molar-refractivity contribution is 7.89. The fraction of sp³-hybridized carbons (Fsp3) is 0.409. The number of morpholine rings is 1. The van der Waals surface area contributed by atoms with Gasteiger partial charge in [0.25, 0.3) is 5.91 Å². The van der Waals surface area contributed by atoms with Crippen molar-refractivity contribution in [2.75, 3.05) is 26.3 Å². The van der Waals surface area contributed by atoms with Gasteiger partial charge in [0.1, 0.15) is 11.4 Å². The molecule has 1 N–H and O–H groups in total. The van der Waals surface area contributed by atoms with Gasteiger partial charge in [-0.05, 0) is 44.2 Å². The summed E-state index contributed by atoms with van der Waals surface area (Å²) in [6, 6.07) is 13.6. The third kappa shape index (κ3) is 4.21. The third-order valence-corrected chi connectivity index (χ3v) is 7.32. The molecule has 1 saturated heterocycles. The number of benzene rings is 2. The fourth-order valence-corrected chi connectivity index (χ4v) is 5.29. The zero-order valence-electron chi connectivity index (χ0n) is 17.1. The van der Waals surface area contributed by atoms with Gasteiger partial charge in [-0.25, -0.2) is 8.42 Å². The molecule has 0 aromatic heterocycles. The lowest BCUT2D eigenvalue weighted by Gasteiger charge is -2.37. The van der Waals surface area contributed by atoms with Crippen molar-refractivity contribution in [2.45, 2.75) is 36.8 Å². The third-order valence-electron chi connectivity index (χ3n) is 5.41. The van der Waals surface area contributed by atoms with Crippen LogP contribution in [0.2, 0.25) is 0 Å². The summed E-state index contributed by atoms with van der Waals surface area (Å²) in [7, 11) is -3.58. The van der Waals surface area contributed by atoms with E-state index >= 15 is 0 Å². The van der Waals surface area contributed by atoms with Crippen LogP contribution < -0.4 is 10.1 Å². The SMILES string of the molecule is CC1(C)C[C@@H](NC(=O)c2ccc(S(=O)(=O)N3CCOCC3)cc2)c2ccccc2O1. The highest BCUT2D eigenvalue weighted by Crippen LogP contribution is 2.39. The minimum atomic E-state index is -3.58. The van der Waals surface area contributed by atoms with Crippen LogP contribution in [-0.4, -0.2) is 50.5 Å². The van der Waals surface area contributed by atoms with E-state index in [1.54, 1.807) is 12.1 Å². The Kier molecular flexibility index (Phi) is 5.57. The largest absolute Gasteiger partial charge is 0.487 e. The lowest BCUT2D eigenvalue weighted by molar-refractivity contribution is 0.0619. The van der Waals surface area contributed by atoms with Crippen LogP contribution in [0.25, 0.3) is 0 Å². The van der Waals surface area contributed by atoms with E-state index in [0.717, 1.165) is 11.3 Å². The Labute approximate surface area is 177 Å². The summed E-state index contributed by atoms with van der Waals surface area (Å²) in [5.41, 5.74) is 0.956. The molecule has 1 atom stereocenters. The second-order valence-corrected chi connectivity index (χ2v) is 10.1. The number of carbonyl (C=O) groups is 1. The maximum atomic E-state index is 12.9. The zero-order valence-corrected chi connectivity index (χ0v) is 17.9. The number of sulfonamides is 1. The number of amides is 1. The summed E-state index contributed by atoms with van der Waals surface area (Å²) in [5.74, 6) is 0.522. The minimum absolute atomic E-state index is 0.179. The first kappa shape index (κ1) is 20.8. The standard InChI is InChI=1S/C22H26N2O5S/c1-22(2)15-19(18-5-3-4-6-20(18)29-22)23-21(25)16-7-9-17(10-8-16)30(26,27)24-11-13-28-14-12-24/h3-10,19H,11-15H2,1-2H3,(H,23,25)/t19-/m1/s1. The van der Waals surface area contributed by atoms with Crippen molar-refractivity contribution in [3.63, 3.8) is 0 Å². The lowest BCUT2D eigenvalue weighted by Crippen LogP contribution is -2.41. The maximum absolute atomic E-state index is 12.9. The van der Waals surface area contributed by atoms with Crippen LogP contribution in [0.5, 0.6) is 5.75 Å². The van der Waals surface area contributed by atoms with Gasteiger partial charge in [-0.2, -0.15) is 4.31 Å². The average Bonchev–Trinajstić information content (AvgIpc) is 2.73. The predicted molar refractivity (Wildman–Crippen MR) is 112 cm³/mol. The van der Waals surface area contributed by atoms with Crippen LogP contribution in [-0.2, 0) is 14.8 Å². The monoisotopic (exact) mass is 430 g/mol. The van der Waals surface area contributed by atoms with Gasteiger partial charge in [0.2, 0.25) is 10.0 Å². The van der Waals surface area contributed by atoms with E-state index < -0.39 is 15.6 Å². The number of carbonyl (C=O) groups excluding carboxylic acids is 1. The van der Waals surface area contributed by atoms with E-state index in [2.05, 4.69) is 5.32 Å². The zero-order chi connectivity index (χ0) is 21.4. The number of hydrogen-bond donors (Lipinski definition) is 1. The van der Waals surface area contributed by atoms with E-state index in [4.69, 9.17) is 9.47 Å². The summed E-state index contributed by atoms with van der Waals surface area (Å²) in [5, 5.41) is 3.07. The first-order chi connectivity index (χ1) is 14.3. The first-order valence-corrected chi connectivity index (χ1v) is 11.5. The van der Waals surface area contributed by atoms with Gasteiger partial charge in [0.05, 0.1) is 24.2 Å². The number of hydrogen-bond acceptors (Lipinski definition) is 5. The van der Waals surface area contributed by atoms with Gasteiger partial charge in [0, 0.05) is 30.6 Å². The number of nitrogens with one attached hydrogen (secondary N) is 1. The summed E-state index contributed by atoms with van der Waals surface area (Å²) >= 11 is 0. The van der Waals surface area contributed by atoms with Crippen LogP contribution in [0.15, 0.2) is 53.4 Å². The molecule has 4 rings (SSSR count). The van der Waals surface area contributed by atoms with E-state index in [-0.39, 0.29) is 16.8 Å². The lowest BCUT2D eigenvalue weighted by atomic mass is 9.89. The Balaban J connectivity index is 1.51. The van der Waals surface area contributed by atoms with E-state index in [9.17, 15) is 13.2 Å². The molecule has 2 aromatic rings. The molecule has 1 amide bonds. The second kappa shape index (κ2) is 8.02. The van der Waals surface area contributed by atoms with Crippen molar-refractivity contribution in [3.8, 4) is 5.75 Å². The molecule has 2 heterocycles. The van der Waals surface area contributed by atoms with Gasteiger partial charge < -0.3 is 14.8 Å². The molecule has 8 heteroatoms. The summed E-state index contributed by atoms with van der Waals surface area (Å²) in [4.78, 5) is 13.0. The molecule has 2 aliphatic rings. The van der Waals surface area contributed by atoms with Crippen LogP contribution in [0.4, 0.5) is 0 Å². The normalized spacial score (nSPS) is 21.3. The molecule has 0 unspecified atom stereocenters. The molecule has 0 spiro atoms. The van der Waals surface area contributed by atoms with E-state index in [1.807, 2.05) is 38.1 Å². The van der Waals surface area contributed by atoms with Crippen molar-refractivity contribution >= 4 is 15.9 Å². The van der Waals surface area contributed by atoms with Gasteiger partial charge in [-0.15, -0.1) is 0 Å². The summed E-state index contributed by atoms with van der Waals surface area (Å²) in [6.07, 6.45) is 0.638. The molecule has 160 valence electrons. The molecule has 7 nitrogen and oxygen atoms in total. The average molecular weight is 431 g/mol. The quantitative estimate of drug-likeness (QED) is 0.806. The van der Waals surface area contributed by atoms with E-state index in [0.29, 0.717) is 38.3 Å². The van der Waals surface area contributed by atoms with Crippen LogP contribution in [0.3, 0.4) is 0 Å². The van der Waals surface area contributed by atoms with Crippen LogP contribution >= 0.6 is 0 Å². The molecule has 1 fully saturated rings. The van der Waals surface area contributed by atoms with Crippen LogP contribution in [0, 0.1) is 0 Å². The van der Waals surface area contributed by atoms with Gasteiger partial charge in [0.15, 0.2) is 0 Å².